The number of nitro benzene ring substituents is 1. The number of nitro groups is 1. The van der Waals surface area contributed by atoms with E-state index in [1.54, 1.807) is 12.1 Å². The lowest BCUT2D eigenvalue weighted by Crippen LogP contribution is -2.40. The Morgan fingerprint density at radius 1 is 1.11 bits per heavy atom. The maximum absolute atomic E-state index is 12.2. The highest BCUT2D eigenvalue weighted by Crippen LogP contribution is 2.54. The summed E-state index contributed by atoms with van der Waals surface area (Å²) < 4.78 is 0. The molecule has 2 unspecified atom stereocenters. The first-order valence-corrected chi connectivity index (χ1v) is 10.00. The van der Waals surface area contributed by atoms with Gasteiger partial charge in [0.15, 0.2) is 0 Å². The third-order valence-corrected chi connectivity index (χ3v) is 6.42. The van der Waals surface area contributed by atoms with Crippen LogP contribution in [-0.4, -0.2) is 29.3 Å². The minimum absolute atomic E-state index is 0.0300. The number of benzene rings is 1. The topological polar surface area (TPSA) is 83.8 Å². The summed E-state index contributed by atoms with van der Waals surface area (Å²) in [5.41, 5.74) is 1.24. The molecule has 2 saturated heterocycles. The van der Waals surface area contributed by atoms with Gasteiger partial charge in [0.05, 0.1) is 10.6 Å². The Labute approximate surface area is 164 Å². The standard InChI is InChI=1S/C21H27N3O4/c1-20(2)10-15-11-21(3,12-20)13-22(15)16-8-7-14(9-17(16)24(27)28)23-18(25)5-4-6-19(23)26/h7-9,15H,4-6,10-13H2,1-3H3. The van der Waals surface area contributed by atoms with Crippen molar-refractivity contribution in [2.24, 2.45) is 10.8 Å². The number of hydrogen-bond acceptors (Lipinski definition) is 5. The van der Waals surface area contributed by atoms with Crippen molar-refractivity contribution in [1.82, 2.24) is 0 Å². The van der Waals surface area contributed by atoms with Gasteiger partial charge in [0.2, 0.25) is 11.8 Å². The van der Waals surface area contributed by atoms with Gasteiger partial charge in [0, 0.05) is 31.5 Å². The van der Waals surface area contributed by atoms with Crippen LogP contribution in [-0.2, 0) is 9.59 Å². The highest BCUT2D eigenvalue weighted by molar-refractivity contribution is 6.16. The molecule has 4 rings (SSSR count). The van der Waals surface area contributed by atoms with Gasteiger partial charge < -0.3 is 4.90 Å². The van der Waals surface area contributed by atoms with E-state index in [0.717, 1.165) is 30.7 Å². The second kappa shape index (κ2) is 6.29. The minimum atomic E-state index is -0.395. The van der Waals surface area contributed by atoms with Gasteiger partial charge in [-0.25, -0.2) is 0 Å². The zero-order valence-corrected chi connectivity index (χ0v) is 16.7. The molecule has 0 radical (unpaired) electrons. The molecule has 7 heteroatoms. The summed E-state index contributed by atoms with van der Waals surface area (Å²) in [6, 6.07) is 5.07. The fourth-order valence-corrected chi connectivity index (χ4v) is 5.82. The van der Waals surface area contributed by atoms with Crippen molar-refractivity contribution in [2.45, 2.75) is 65.3 Å². The molecule has 3 fully saturated rings. The molecule has 0 N–H and O–H groups in total. The number of carbonyl (C=O) groups is 2. The SMILES string of the molecule is CC1(C)CC2CC(C)(CN2c2ccc(N3C(=O)CCCC3=O)cc2[N+](=O)[O-])C1. The summed E-state index contributed by atoms with van der Waals surface area (Å²) in [6.45, 7) is 7.60. The molecule has 2 bridgehead atoms. The lowest BCUT2D eigenvalue weighted by molar-refractivity contribution is -0.384. The van der Waals surface area contributed by atoms with Crippen molar-refractivity contribution < 1.29 is 14.5 Å². The van der Waals surface area contributed by atoms with Crippen LogP contribution in [0.25, 0.3) is 0 Å². The molecule has 1 aromatic rings. The van der Waals surface area contributed by atoms with Gasteiger partial charge in [0.1, 0.15) is 5.69 Å². The minimum Gasteiger partial charge on any atom is -0.362 e. The van der Waals surface area contributed by atoms with Crippen LogP contribution in [0.5, 0.6) is 0 Å². The van der Waals surface area contributed by atoms with Crippen LogP contribution >= 0.6 is 0 Å². The van der Waals surface area contributed by atoms with Crippen molar-refractivity contribution in [3.63, 3.8) is 0 Å². The summed E-state index contributed by atoms with van der Waals surface area (Å²) >= 11 is 0. The zero-order chi connectivity index (χ0) is 20.3. The van der Waals surface area contributed by atoms with Gasteiger partial charge in [-0.2, -0.15) is 0 Å². The second-order valence-electron chi connectivity index (χ2n) is 9.75. The quantitative estimate of drug-likeness (QED) is 0.445. The van der Waals surface area contributed by atoms with Crippen LogP contribution in [0.15, 0.2) is 18.2 Å². The fraction of sp³-hybridized carbons (Fsp3) is 0.619. The number of rotatable bonds is 3. The van der Waals surface area contributed by atoms with Crippen LogP contribution < -0.4 is 9.80 Å². The molecule has 150 valence electrons. The molecule has 0 aromatic heterocycles. The van der Waals surface area contributed by atoms with E-state index < -0.39 is 4.92 Å². The maximum atomic E-state index is 12.2. The van der Waals surface area contributed by atoms with Crippen LogP contribution in [0, 0.1) is 20.9 Å². The molecule has 1 aliphatic carbocycles. The normalized spacial score (nSPS) is 29.3. The van der Waals surface area contributed by atoms with Crippen LogP contribution in [0.1, 0.15) is 59.3 Å². The average Bonchev–Trinajstić information content (AvgIpc) is 2.83. The molecule has 1 aromatic carbocycles. The molecule has 2 atom stereocenters. The van der Waals surface area contributed by atoms with E-state index in [-0.39, 0.29) is 34.4 Å². The Morgan fingerprint density at radius 3 is 2.43 bits per heavy atom. The van der Waals surface area contributed by atoms with Crippen molar-refractivity contribution >= 4 is 28.9 Å². The largest absolute Gasteiger partial charge is 0.362 e. The smallest absolute Gasteiger partial charge is 0.294 e. The Kier molecular flexibility index (Phi) is 4.25. The Hall–Kier alpha value is -2.44. The molecule has 3 aliphatic rings. The summed E-state index contributed by atoms with van der Waals surface area (Å²) in [6.07, 6.45) is 4.28. The fourth-order valence-electron chi connectivity index (χ4n) is 5.82. The van der Waals surface area contributed by atoms with Crippen molar-refractivity contribution in [3.05, 3.63) is 28.3 Å². The number of anilines is 2. The maximum Gasteiger partial charge on any atom is 0.294 e. The Bertz CT molecular complexity index is 849. The molecular formula is C21H27N3O4. The first-order chi connectivity index (χ1) is 13.1. The van der Waals surface area contributed by atoms with E-state index in [0.29, 0.717) is 30.6 Å². The van der Waals surface area contributed by atoms with Gasteiger partial charge in [-0.15, -0.1) is 0 Å². The van der Waals surface area contributed by atoms with Crippen LogP contribution in [0.2, 0.25) is 0 Å². The summed E-state index contributed by atoms with van der Waals surface area (Å²) in [7, 11) is 0. The third kappa shape index (κ3) is 3.16. The summed E-state index contributed by atoms with van der Waals surface area (Å²) in [5.74, 6) is -0.575. The Balaban J connectivity index is 1.72. The van der Waals surface area contributed by atoms with E-state index in [1.165, 1.54) is 6.07 Å². The lowest BCUT2D eigenvalue weighted by atomic mass is 9.65. The molecular weight excluding hydrogens is 358 g/mol. The van der Waals surface area contributed by atoms with Gasteiger partial charge in [-0.3, -0.25) is 24.6 Å². The third-order valence-electron chi connectivity index (χ3n) is 6.42. The first kappa shape index (κ1) is 18.9. The number of nitrogens with zero attached hydrogens (tertiary/aromatic N) is 3. The van der Waals surface area contributed by atoms with Gasteiger partial charge in [-0.1, -0.05) is 20.8 Å². The molecule has 28 heavy (non-hydrogen) atoms. The molecule has 1 saturated carbocycles. The van der Waals surface area contributed by atoms with Gasteiger partial charge in [0.25, 0.3) is 5.69 Å². The Morgan fingerprint density at radius 2 is 1.79 bits per heavy atom. The zero-order valence-electron chi connectivity index (χ0n) is 16.7. The van der Waals surface area contributed by atoms with Crippen molar-refractivity contribution in [2.75, 3.05) is 16.3 Å². The number of carbonyl (C=O) groups excluding carboxylic acids is 2. The molecule has 2 amide bonds. The first-order valence-electron chi connectivity index (χ1n) is 10.00. The van der Waals surface area contributed by atoms with E-state index in [1.807, 2.05) is 0 Å². The number of imide groups is 1. The van der Waals surface area contributed by atoms with Crippen LogP contribution in [0.4, 0.5) is 17.1 Å². The van der Waals surface area contributed by atoms with E-state index in [2.05, 4.69) is 25.7 Å². The van der Waals surface area contributed by atoms with Gasteiger partial charge >= 0.3 is 0 Å². The highest BCUT2D eigenvalue weighted by atomic mass is 16.6. The van der Waals surface area contributed by atoms with Crippen LogP contribution in [0.3, 0.4) is 0 Å². The monoisotopic (exact) mass is 385 g/mol. The summed E-state index contributed by atoms with van der Waals surface area (Å²) in [5, 5.41) is 11.9. The molecule has 0 spiro atoms. The number of hydrogen-bond donors (Lipinski definition) is 0. The average molecular weight is 385 g/mol. The predicted octanol–water partition coefficient (Wildman–Crippen LogP) is 4.04. The van der Waals surface area contributed by atoms with E-state index in [4.69, 9.17) is 0 Å². The van der Waals surface area contributed by atoms with Crippen molar-refractivity contribution in [1.29, 1.82) is 0 Å². The lowest BCUT2D eigenvalue weighted by Gasteiger charge is -2.39. The van der Waals surface area contributed by atoms with E-state index >= 15 is 0 Å². The van der Waals surface area contributed by atoms with Crippen molar-refractivity contribution in [3.8, 4) is 0 Å². The number of fused-ring (bicyclic) bond motifs is 2. The number of piperidine rings is 1. The highest BCUT2D eigenvalue weighted by Gasteiger charge is 2.50. The second-order valence-corrected chi connectivity index (χ2v) is 9.75. The van der Waals surface area contributed by atoms with E-state index in [9.17, 15) is 19.7 Å². The molecule has 7 nitrogen and oxygen atoms in total. The number of amides is 2. The predicted molar refractivity (Wildman–Crippen MR) is 106 cm³/mol. The van der Waals surface area contributed by atoms with Gasteiger partial charge in [-0.05, 0) is 48.6 Å². The molecule has 2 aliphatic heterocycles. The molecule has 2 heterocycles. The summed E-state index contributed by atoms with van der Waals surface area (Å²) in [4.78, 5) is 39.2.